The number of hydrazine groups is 1. The molecule has 0 spiro atoms. The van der Waals surface area contributed by atoms with Crippen molar-refractivity contribution < 1.29 is 12.5 Å². The van der Waals surface area contributed by atoms with E-state index in [4.69, 9.17) is 22.1 Å². The number of hydrogen-bond donors (Lipinski definition) is 5. The molecule has 1 atom stereocenters. The lowest BCUT2D eigenvalue weighted by molar-refractivity contribution is -0.120. The van der Waals surface area contributed by atoms with E-state index >= 15 is 0 Å². The van der Waals surface area contributed by atoms with Crippen molar-refractivity contribution >= 4 is 17.4 Å². The summed E-state index contributed by atoms with van der Waals surface area (Å²) in [6.45, 7) is 2.18. The van der Waals surface area contributed by atoms with Crippen LogP contribution in [-0.4, -0.2) is 48.4 Å². The maximum atomic E-state index is 12.7. The van der Waals surface area contributed by atoms with Crippen molar-refractivity contribution in [3.8, 4) is 0 Å². The molecule has 0 radical (unpaired) electrons. The van der Waals surface area contributed by atoms with Crippen LogP contribution in [0.1, 0.15) is 53.9 Å². The molecule has 1 aliphatic rings. The molecule has 1 amide bonds. The highest BCUT2D eigenvalue weighted by Crippen LogP contribution is 2.26. The van der Waals surface area contributed by atoms with Gasteiger partial charge in [-0.25, -0.2) is 16.3 Å². The van der Waals surface area contributed by atoms with Crippen LogP contribution in [-0.2, 0) is 9.63 Å². The second-order valence-electron chi connectivity index (χ2n) is 8.26. The van der Waals surface area contributed by atoms with Gasteiger partial charge in [0.15, 0.2) is 0 Å². The molecule has 33 heavy (non-hydrogen) atoms. The lowest BCUT2D eigenvalue weighted by Gasteiger charge is -2.28. The Hall–Kier alpha value is -3.11. The lowest BCUT2D eigenvalue weighted by Crippen LogP contribution is -2.47. The molecular weight excluding hydrogens is 420 g/mol. The minimum Gasteiger partial charge on any atom is -0.404 e. The molecule has 10 heteroatoms. The van der Waals surface area contributed by atoms with E-state index in [0.29, 0.717) is 11.7 Å². The number of nitrogens with one attached hydrogen (secondary N) is 2. The standard InChI is InChI=1S/C23H38N8O2.2H2/c1-16(12-24)22(27-2)18-10-11-21(28-14-18)30-33-15-19(17-8-6-4-5-7-9-17)29-23(32)20(13-25)31(3)26;;/h10-14,17,19H,4-9,15,24-26H2,1-3H3,(H,28,30)(H,29,32);2*1H/b16-12-,20-13-,27-22?;;/t19-;;/m1../s1. The van der Waals surface area contributed by atoms with Gasteiger partial charge in [0.05, 0.1) is 18.4 Å². The molecule has 1 aliphatic carbocycles. The highest BCUT2D eigenvalue weighted by atomic mass is 16.6. The number of allylic oxidation sites excluding steroid dienone is 1. The minimum atomic E-state index is -0.322. The second-order valence-corrected chi connectivity index (χ2v) is 8.26. The summed E-state index contributed by atoms with van der Waals surface area (Å²) >= 11 is 0. The molecule has 186 valence electrons. The van der Waals surface area contributed by atoms with Crippen molar-refractivity contribution in [1.82, 2.24) is 15.3 Å². The fourth-order valence-electron chi connectivity index (χ4n) is 4.02. The molecule has 1 heterocycles. The van der Waals surface area contributed by atoms with E-state index in [9.17, 15) is 4.79 Å². The summed E-state index contributed by atoms with van der Waals surface area (Å²) in [6.07, 6.45) is 11.2. The quantitative estimate of drug-likeness (QED) is 0.116. The number of aromatic nitrogens is 1. The van der Waals surface area contributed by atoms with Crippen molar-refractivity contribution in [1.29, 1.82) is 0 Å². The van der Waals surface area contributed by atoms with Crippen LogP contribution in [0.5, 0.6) is 0 Å². The first-order valence-electron chi connectivity index (χ1n) is 11.3. The molecule has 1 saturated carbocycles. The number of rotatable bonds is 10. The number of anilines is 1. The molecular formula is C23H42N8O2. The third-order valence-corrected chi connectivity index (χ3v) is 5.88. The van der Waals surface area contributed by atoms with E-state index in [0.717, 1.165) is 42.5 Å². The van der Waals surface area contributed by atoms with Crippen LogP contribution >= 0.6 is 0 Å². The predicted molar refractivity (Wildman–Crippen MR) is 136 cm³/mol. The van der Waals surface area contributed by atoms with Gasteiger partial charge < -0.3 is 21.8 Å². The Labute approximate surface area is 199 Å². The molecule has 0 unspecified atom stereocenters. The molecule has 1 fully saturated rings. The van der Waals surface area contributed by atoms with Crippen LogP contribution in [0.3, 0.4) is 0 Å². The van der Waals surface area contributed by atoms with E-state index in [1.54, 1.807) is 20.3 Å². The molecule has 2 rings (SSSR count). The summed E-state index contributed by atoms with van der Waals surface area (Å²) in [5.41, 5.74) is 16.8. The number of carbonyl (C=O) groups is 1. The SMILES string of the molecule is CN=C(/C(C)=C\N)c1ccc(NOC[C@@H](NC(=O)/C(=C/N)N(C)N)C2CCCCCC2)nc1.[HH].[HH]. The summed E-state index contributed by atoms with van der Waals surface area (Å²) in [5, 5.41) is 4.26. The van der Waals surface area contributed by atoms with Crippen molar-refractivity contribution in [3.05, 3.63) is 47.6 Å². The molecule has 1 aromatic heterocycles. The molecule has 0 bridgehead atoms. The number of carbonyl (C=O) groups excluding carboxylic acids is 1. The van der Waals surface area contributed by atoms with Crippen LogP contribution in [0, 0.1) is 5.92 Å². The van der Waals surface area contributed by atoms with Crippen molar-refractivity contribution in [2.75, 3.05) is 26.2 Å². The van der Waals surface area contributed by atoms with Gasteiger partial charge in [-0.2, -0.15) is 0 Å². The summed E-state index contributed by atoms with van der Waals surface area (Å²) < 4.78 is 0. The van der Waals surface area contributed by atoms with Crippen LogP contribution in [0.25, 0.3) is 0 Å². The van der Waals surface area contributed by atoms with E-state index in [2.05, 4.69) is 20.8 Å². The van der Waals surface area contributed by atoms with Gasteiger partial charge in [0, 0.05) is 34.9 Å². The first kappa shape index (κ1) is 26.1. The third kappa shape index (κ3) is 7.76. The predicted octanol–water partition coefficient (Wildman–Crippen LogP) is 2.26. The highest BCUT2D eigenvalue weighted by molar-refractivity contribution is 6.12. The largest absolute Gasteiger partial charge is 0.404 e. The van der Waals surface area contributed by atoms with Gasteiger partial charge in [0.1, 0.15) is 11.5 Å². The third-order valence-electron chi connectivity index (χ3n) is 5.88. The number of pyridine rings is 1. The topological polar surface area (TPSA) is 157 Å². The Balaban J connectivity index is 0.00000578. The number of nitrogens with two attached hydrogens (primary N) is 3. The van der Waals surface area contributed by atoms with Gasteiger partial charge in [-0.3, -0.25) is 14.6 Å². The first-order valence-corrected chi connectivity index (χ1v) is 11.3. The zero-order chi connectivity index (χ0) is 24.2. The Morgan fingerprint density at radius 2 is 2.00 bits per heavy atom. The maximum Gasteiger partial charge on any atom is 0.270 e. The molecule has 8 N–H and O–H groups in total. The number of hydrogen-bond acceptors (Lipinski definition) is 9. The maximum absolute atomic E-state index is 12.7. The normalized spacial score (nSPS) is 17.3. The van der Waals surface area contributed by atoms with Crippen molar-refractivity contribution in [2.45, 2.75) is 51.5 Å². The van der Waals surface area contributed by atoms with E-state index in [1.165, 1.54) is 30.3 Å². The fraction of sp³-hybridized carbons (Fsp3) is 0.522. The van der Waals surface area contributed by atoms with Gasteiger partial charge in [-0.1, -0.05) is 25.7 Å². The van der Waals surface area contributed by atoms with Crippen LogP contribution < -0.4 is 28.1 Å². The van der Waals surface area contributed by atoms with Crippen LogP contribution in [0.15, 0.2) is 47.0 Å². The summed E-state index contributed by atoms with van der Waals surface area (Å²) in [4.78, 5) is 27.1. The zero-order valence-electron chi connectivity index (χ0n) is 19.9. The molecule has 1 aromatic rings. The van der Waals surface area contributed by atoms with Gasteiger partial charge in [0.2, 0.25) is 0 Å². The average molecular weight is 463 g/mol. The minimum absolute atomic E-state index is 0. The number of likely N-dealkylation sites (N-methyl/N-ethyl adjacent to an activating group) is 1. The molecule has 0 saturated heterocycles. The summed E-state index contributed by atoms with van der Waals surface area (Å²) in [6, 6.07) is 3.52. The smallest absolute Gasteiger partial charge is 0.270 e. The van der Waals surface area contributed by atoms with Gasteiger partial charge >= 0.3 is 0 Å². The average Bonchev–Trinajstić information content (AvgIpc) is 3.09. The van der Waals surface area contributed by atoms with Gasteiger partial charge in [-0.05, 0) is 49.6 Å². The number of amides is 1. The van der Waals surface area contributed by atoms with Crippen molar-refractivity contribution in [2.24, 2.45) is 28.2 Å². The fourth-order valence-corrected chi connectivity index (χ4v) is 4.02. The first-order chi connectivity index (χ1) is 15.9. The van der Waals surface area contributed by atoms with Gasteiger partial charge in [-0.15, -0.1) is 0 Å². The van der Waals surface area contributed by atoms with Crippen LogP contribution in [0.2, 0.25) is 0 Å². The number of nitrogens with zero attached hydrogens (tertiary/aromatic N) is 3. The Kier molecular flexibility index (Phi) is 10.6. The van der Waals surface area contributed by atoms with Crippen LogP contribution in [0.4, 0.5) is 5.82 Å². The lowest BCUT2D eigenvalue weighted by atomic mass is 9.92. The Bertz CT molecular complexity index is 852. The Morgan fingerprint density at radius 3 is 2.52 bits per heavy atom. The monoisotopic (exact) mass is 462 g/mol. The summed E-state index contributed by atoms with van der Waals surface area (Å²) in [7, 11) is 3.29. The zero-order valence-corrected chi connectivity index (χ0v) is 19.9. The second kappa shape index (κ2) is 13.4. The Morgan fingerprint density at radius 1 is 1.30 bits per heavy atom. The number of aliphatic imine (C=N–C) groups is 1. The van der Waals surface area contributed by atoms with Crippen molar-refractivity contribution in [3.63, 3.8) is 0 Å². The van der Waals surface area contributed by atoms with E-state index in [-0.39, 0.29) is 27.1 Å². The highest BCUT2D eigenvalue weighted by Gasteiger charge is 2.26. The molecule has 0 aromatic carbocycles. The van der Waals surface area contributed by atoms with E-state index in [1.807, 2.05) is 19.1 Å². The summed E-state index contributed by atoms with van der Waals surface area (Å²) in [5.74, 6) is 6.27. The molecule has 10 nitrogen and oxygen atoms in total. The van der Waals surface area contributed by atoms with E-state index < -0.39 is 0 Å². The van der Waals surface area contributed by atoms with Gasteiger partial charge in [0.25, 0.3) is 5.91 Å². The molecule has 0 aliphatic heterocycles.